The van der Waals surface area contributed by atoms with E-state index in [1.165, 1.54) is 12.1 Å². The molecule has 6 nitrogen and oxygen atoms in total. The van der Waals surface area contributed by atoms with Gasteiger partial charge in [-0.1, -0.05) is 12.1 Å². The highest BCUT2D eigenvalue weighted by Gasteiger charge is 2.15. The molecule has 1 atom stereocenters. The molecule has 0 spiro atoms. The Morgan fingerprint density at radius 3 is 2.53 bits per heavy atom. The van der Waals surface area contributed by atoms with Crippen LogP contribution in [0.5, 0.6) is 0 Å². The van der Waals surface area contributed by atoms with E-state index in [0.29, 0.717) is 6.42 Å². The van der Waals surface area contributed by atoms with Gasteiger partial charge in [0.2, 0.25) is 0 Å². The zero-order valence-corrected chi connectivity index (χ0v) is 10.3. The summed E-state index contributed by atoms with van der Waals surface area (Å²) in [5, 5.41) is 17.3. The topological polar surface area (TPSA) is 96.1 Å². The predicted octanol–water partition coefficient (Wildman–Crippen LogP) is 1.62. The van der Waals surface area contributed by atoms with Gasteiger partial charge in [-0.15, -0.1) is 0 Å². The molecule has 90 valence electrons. The number of Topliss-reactive ketones (excluding diaryl/α,β-unsaturated/α-hetero) is 1. The molecule has 1 aromatic carbocycles. The third kappa shape index (κ3) is 3.72. The number of benzene rings is 1. The fourth-order valence-electron chi connectivity index (χ4n) is 1.28. The summed E-state index contributed by atoms with van der Waals surface area (Å²) in [5.74, 6) is -0.361. The van der Waals surface area contributed by atoms with Crippen LogP contribution in [0.2, 0.25) is 0 Å². The zero-order chi connectivity index (χ0) is 12.8. The smallest absolute Gasteiger partial charge is 0.269 e. The Labute approximate surface area is 106 Å². The van der Waals surface area contributed by atoms with Gasteiger partial charge in [-0.25, -0.2) is 4.34 Å². The van der Waals surface area contributed by atoms with E-state index < -0.39 is 11.0 Å². The molecule has 0 bridgehead atoms. The van der Waals surface area contributed by atoms with Crippen molar-refractivity contribution in [2.75, 3.05) is 0 Å². The number of nitrogens with zero attached hydrogens (tertiary/aromatic N) is 1. The molecule has 0 aliphatic heterocycles. The van der Waals surface area contributed by atoms with Gasteiger partial charge in [-0.3, -0.25) is 14.9 Å². The number of non-ortho nitro benzene ring substituents is 1. The molecule has 0 aliphatic rings. The lowest BCUT2D eigenvalue weighted by molar-refractivity contribution is -0.384. The van der Waals surface area contributed by atoms with Crippen LogP contribution in [0.15, 0.2) is 24.3 Å². The number of carbonyl (C=O) groups is 1. The van der Waals surface area contributed by atoms with Gasteiger partial charge in [0.25, 0.3) is 5.69 Å². The maximum atomic E-state index is 11.3. The normalized spacial score (nSPS) is 11.8. The summed E-state index contributed by atoms with van der Waals surface area (Å²) < 4.78 is 2.62. The molecule has 1 rings (SSSR count). The minimum atomic E-state index is -0.547. The summed E-state index contributed by atoms with van der Waals surface area (Å²) in [7, 11) is 0. The number of ketones is 1. The second kappa shape index (κ2) is 6.21. The molecule has 7 heteroatoms. The SMILES string of the molecule is N=CC(=O)[C@H](Cc1ccc([N+](=O)[O-])cc1)NBr. The van der Waals surface area contributed by atoms with Gasteiger partial charge < -0.3 is 5.41 Å². The number of nitro benzene ring substituents is 1. The highest BCUT2D eigenvalue weighted by Crippen LogP contribution is 2.13. The Bertz CT molecular complexity index is 433. The highest BCUT2D eigenvalue weighted by atomic mass is 79.9. The molecule has 0 saturated heterocycles. The number of halogens is 1. The van der Waals surface area contributed by atoms with Crippen LogP contribution in [0.1, 0.15) is 5.56 Å². The van der Waals surface area contributed by atoms with Crippen molar-refractivity contribution in [1.82, 2.24) is 4.34 Å². The molecule has 0 heterocycles. The van der Waals surface area contributed by atoms with Crippen molar-refractivity contribution in [3.8, 4) is 0 Å². The zero-order valence-electron chi connectivity index (χ0n) is 8.72. The van der Waals surface area contributed by atoms with Crippen molar-refractivity contribution >= 4 is 33.8 Å². The maximum Gasteiger partial charge on any atom is 0.269 e. The summed E-state index contributed by atoms with van der Waals surface area (Å²) in [6.45, 7) is 0. The lowest BCUT2D eigenvalue weighted by Gasteiger charge is -2.10. The number of hydrogen-bond donors (Lipinski definition) is 2. The van der Waals surface area contributed by atoms with Gasteiger partial charge in [0.1, 0.15) is 0 Å². The monoisotopic (exact) mass is 299 g/mol. The van der Waals surface area contributed by atoms with E-state index in [1.807, 2.05) is 0 Å². The van der Waals surface area contributed by atoms with E-state index >= 15 is 0 Å². The minimum absolute atomic E-state index is 0.00971. The summed E-state index contributed by atoms with van der Waals surface area (Å²) in [5.41, 5.74) is 0.790. The quantitative estimate of drug-likeness (QED) is 0.361. The van der Waals surface area contributed by atoms with E-state index in [2.05, 4.69) is 20.5 Å². The standard InChI is InChI=1S/C10H10BrN3O3/c11-13-9(10(15)6-12)5-7-1-3-8(4-2-7)14(16)17/h1-4,6,9,12-13H,5H2/t9-/m0/s1. The van der Waals surface area contributed by atoms with Gasteiger partial charge in [-0.2, -0.15) is 0 Å². The molecular formula is C10H10BrN3O3. The largest absolute Gasteiger partial charge is 0.305 e. The van der Waals surface area contributed by atoms with E-state index in [1.54, 1.807) is 12.1 Å². The predicted molar refractivity (Wildman–Crippen MR) is 66.4 cm³/mol. The molecule has 0 radical (unpaired) electrons. The first-order valence-corrected chi connectivity index (χ1v) is 5.51. The van der Waals surface area contributed by atoms with Gasteiger partial charge in [0, 0.05) is 28.3 Å². The number of nitro groups is 1. The molecular weight excluding hydrogens is 290 g/mol. The Balaban J connectivity index is 2.77. The summed E-state index contributed by atoms with van der Waals surface area (Å²) in [6.07, 6.45) is 1.10. The highest BCUT2D eigenvalue weighted by molar-refractivity contribution is 9.08. The molecule has 0 unspecified atom stereocenters. The van der Waals surface area contributed by atoms with Crippen molar-refractivity contribution in [2.45, 2.75) is 12.5 Å². The third-order valence-electron chi connectivity index (χ3n) is 2.20. The second-order valence-electron chi connectivity index (χ2n) is 3.34. The van der Waals surface area contributed by atoms with Crippen LogP contribution < -0.4 is 4.34 Å². The van der Waals surface area contributed by atoms with Crippen LogP contribution in [0.3, 0.4) is 0 Å². The molecule has 0 amide bonds. The van der Waals surface area contributed by atoms with Crippen molar-refractivity contribution in [3.63, 3.8) is 0 Å². The van der Waals surface area contributed by atoms with E-state index in [-0.39, 0.29) is 11.5 Å². The molecule has 2 N–H and O–H groups in total. The maximum absolute atomic E-state index is 11.3. The second-order valence-corrected chi connectivity index (χ2v) is 3.79. The lowest BCUT2D eigenvalue weighted by Crippen LogP contribution is -2.33. The van der Waals surface area contributed by atoms with Crippen molar-refractivity contribution < 1.29 is 9.72 Å². The average molecular weight is 300 g/mol. The summed E-state index contributed by atoms with van der Waals surface area (Å²) in [6, 6.07) is 5.40. The average Bonchev–Trinajstić information content (AvgIpc) is 2.35. The molecule has 0 aliphatic carbocycles. The van der Waals surface area contributed by atoms with Crippen LogP contribution in [0.25, 0.3) is 0 Å². The van der Waals surface area contributed by atoms with Crippen LogP contribution in [0.4, 0.5) is 5.69 Å². The number of nitrogens with one attached hydrogen (secondary N) is 2. The third-order valence-corrected chi connectivity index (χ3v) is 2.76. The lowest BCUT2D eigenvalue weighted by atomic mass is 10.0. The first-order chi connectivity index (χ1) is 8.08. The van der Waals surface area contributed by atoms with Crippen LogP contribution in [-0.2, 0) is 11.2 Å². The minimum Gasteiger partial charge on any atom is -0.305 e. The van der Waals surface area contributed by atoms with E-state index in [9.17, 15) is 14.9 Å². The Morgan fingerprint density at radius 2 is 2.12 bits per heavy atom. The molecule has 17 heavy (non-hydrogen) atoms. The summed E-state index contributed by atoms with van der Waals surface area (Å²) in [4.78, 5) is 21.2. The number of carbonyl (C=O) groups excluding carboxylic acids is 1. The fourth-order valence-corrected chi connectivity index (χ4v) is 1.67. The van der Waals surface area contributed by atoms with E-state index in [0.717, 1.165) is 11.8 Å². The molecule has 0 aromatic heterocycles. The van der Waals surface area contributed by atoms with Crippen LogP contribution in [0, 0.1) is 15.5 Å². The van der Waals surface area contributed by atoms with Gasteiger partial charge >= 0.3 is 0 Å². The van der Waals surface area contributed by atoms with Gasteiger partial charge in [0.05, 0.1) is 17.2 Å². The fraction of sp³-hybridized carbons (Fsp3) is 0.200. The van der Waals surface area contributed by atoms with Gasteiger partial charge in [-0.05, 0) is 12.0 Å². The Morgan fingerprint density at radius 1 is 1.53 bits per heavy atom. The number of hydrogen-bond acceptors (Lipinski definition) is 5. The summed E-state index contributed by atoms with van der Waals surface area (Å²) >= 11 is 2.97. The van der Waals surface area contributed by atoms with Crippen molar-refractivity contribution in [1.29, 1.82) is 5.41 Å². The Kier molecular flexibility index (Phi) is 4.92. The van der Waals surface area contributed by atoms with Crippen molar-refractivity contribution in [3.05, 3.63) is 39.9 Å². The molecule has 0 fully saturated rings. The molecule has 1 aromatic rings. The molecule has 0 saturated carbocycles. The first kappa shape index (κ1) is 13.5. The van der Waals surface area contributed by atoms with Crippen LogP contribution in [-0.4, -0.2) is 23.0 Å². The number of rotatable bonds is 6. The van der Waals surface area contributed by atoms with E-state index in [4.69, 9.17) is 5.41 Å². The van der Waals surface area contributed by atoms with Crippen molar-refractivity contribution in [2.24, 2.45) is 0 Å². The Hall–Kier alpha value is -1.60. The first-order valence-electron chi connectivity index (χ1n) is 4.72. The van der Waals surface area contributed by atoms with Crippen LogP contribution >= 0.6 is 16.1 Å². The van der Waals surface area contributed by atoms with Gasteiger partial charge in [0.15, 0.2) is 5.78 Å².